The minimum atomic E-state index is -0.341. The molecule has 3 saturated heterocycles. The lowest BCUT2D eigenvalue weighted by molar-refractivity contribution is -0.0810. The second-order valence-corrected chi connectivity index (χ2v) is 14.0. The molecule has 0 radical (unpaired) electrons. The zero-order chi connectivity index (χ0) is 30.1. The van der Waals surface area contributed by atoms with E-state index >= 15 is 0 Å². The van der Waals surface area contributed by atoms with Gasteiger partial charge in [0.25, 0.3) is 5.88 Å². The molecule has 5 heterocycles. The molecule has 44 heavy (non-hydrogen) atoms. The number of amides is 1. The van der Waals surface area contributed by atoms with Crippen LogP contribution in [-0.4, -0.2) is 75.5 Å². The smallest absolute Gasteiger partial charge is 0.407 e. The van der Waals surface area contributed by atoms with Crippen molar-refractivity contribution in [3.05, 3.63) is 54.2 Å². The number of carbonyl (C=O) groups excluding carboxylic acids is 1. The van der Waals surface area contributed by atoms with Crippen LogP contribution in [0.25, 0.3) is 11.3 Å². The van der Waals surface area contributed by atoms with Crippen molar-refractivity contribution in [3.8, 4) is 22.9 Å². The van der Waals surface area contributed by atoms with E-state index in [1.165, 1.54) is 18.5 Å². The molecule has 230 valence electrons. The first-order chi connectivity index (χ1) is 21.3. The minimum Gasteiger partial charge on any atom is -0.447 e. The number of alkyl carbamates (subject to hydrolysis) is 1. The van der Waals surface area contributed by atoms with Crippen molar-refractivity contribution in [2.75, 3.05) is 37.7 Å². The van der Waals surface area contributed by atoms with Gasteiger partial charge in [-0.1, -0.05) is 19.9 Å². The SMILES string of the molecule is CC(C)[C@@H](C1CC2(COC(=O)N2)C1)N1CC2(CCN(c3ncnnc3Oc3ccc(F)cc3-c3ncccc3C3CC3)C2)C1. The molecule has 10 nitrogen and oxygen atoms in total. The Morgan fingerprint density at radius 1 is 1.14 bits per heavy atom. The fraction of sp³-hybridized carbons (Fsp3) is 0.545. The molecule has 2 saturated carbocycles. The summed E-state index contributed by atoms with van der Waals surface area (Å²) in [6.45, 7) is 8.91. The Morgan fingerprint density at radius 3 is 2.73 bits per heavy atom. The number of anilines is 1. The van der Waals surface area contributed by atoms with Gasteiger partial charge in [0, 0.05) is 49.4 Å². The summed E-state index contributed by atoms with van der Waals surface area (Å²) in [6.07, 6.45) is 8.18. The van der Waals surface area contributed by atoms with Gasteiger partial charge in [-0.2, -0.15) is 0 Å². The Morgan fingerprint density at radius 2 is 1.98 bits per heavy atom. The largest absolute Gasteiger partial charge is 0.447 e. The van der Waals surface area contributed by atoms with Crippen molar-refractivity contribution < 1.29 is 18.7 Å². The maximum atomic E-state index is 14.5. The number of ether oxygens (including phenoxy) is 2. The molecule has 1 aromatic carbocycles. The first-order valence-corrected chi connectivity index (χ1v) is 15.8. The molecule has 1 N–H and O–H groups in total. The Hall–Kier alpha value is -3.86. The van der Waals surface area contributed by atoms with Crippen molar-refractivity contribution in [2.24, 2.45) is 17.3 Å². The number of pyridine rings is 1. The van der Waals surface area contributed by atoms with Crippen LogP contribution < -0.4 is 15.0 Å². The van der Waals surface area contributed by atoms with E-state index in [9.17, 15) is 9.18 Å². The molecule has 3 aromatic rings. The molecular formula is C33H38FN7O3. The summed E-state index contributed by atoms with van der Waals surface area (Å²) in [5.41, 5.74) is 2.51. The number of aromatic nitrogens is 4. The summed E-state index contributed by atoms with van der Waals surface area (Å²) in [4.78, 5) is 25.8. The highest BCUT2D eigenvalue weighted by molar-refractivity contribution is 5.72. The first-order valence-electron chi connectivity index (χ1n) is 15.8. The van der Waals surface area contributed by atoms with Crippen LogP contribution in [0.15, 0.2) is 42.9 Å². The lowest BCUT2D eigenvalue weighted by Crippen LogP contribution is -2.67. The lowest BCUT2D eigenvalue weighted by atomic mass is 9.62. The standard InChI is InChI=1S/C33H38FN7O3/c1-20(2)28(22-13-33(14-22)18-43-31(42)38-33)41-16-32(17-41)9-11-40(15-32)29-30(39-37-19-36-29)44-26-8-7-23(34)12-25(26)27-24(21-5-6-21)4-3-10-35-27/h3-4,7-8,10,12,19-22,28H,5-6,9,11,13-18H2,1-2H3,(H,38,42)/t22?,28-,33?/m0/s1. The number of carbonyl (C=O) groups is 1. The molecule has 2 aliphatic carbocycles. The fourth-order valence-electron chi connectivity index (χ4n) is 8.35. The van der Waals surface area contributed by atoms with E-state index in [1.807, 2.05) is 6.07 Å². The van der Waals surface area contributed by atoms with Crippen molar-refractivity contribution in [1.82, 2.24) is 30.4 Å². The molecule has 5 fully saturated rings. The van der Waals surface area contributed by atoms with E-state index in [0.29, 0.717) is 53.4 Å². The van der Waals surface area contributed by atoms with E-state index in [1.54, 1.807) is 12.3 Å². The summed E-state index contributed by atoms with van der Waals surface area (Å²) in [5, 5.41) is 11.4. The summed E-state index contributed by atoms with van der Waals surface area (Å²) >= 11 is 0. The van der Waals surface area contributed by atoms with Crippen LogP contribution in [-0.2, 0) is 4.74 Å². The summed E-state index contributed by atoms with van der Waals surface area (Å²) in [7, 11) is 0. The number of hydrogen-bond acceptors (Lipinski definition) is 9. The van der Waals surface area contributed by atoms with E-state index in [-0.39, 0.29) is 22.9 Å². The quantitative estimate of drug-likeness (QED) is 0.376. The Bertz CT molecular complexity index is 1590. The van der Waals surface area contributed by atoms with E-state index in [0.717, 1.165) is 69.5 Å². The van der Waals surface area contributed by atoms with Crippen molar-refractivity contribution in [2.45, 2.75) is 63.5 Å². The molecule has 1 atom stereocenters. The van der Waals surface area contributed by atoms with Crippen LogP contribution in [0.1, 0.15) is 57.4 Å². The van der Waals surface area contributed by atoms with Crippen molar-refractivity contribution >= 4 is 11.9 Å². The minimum absolute atomic E-state index is 0.154. The third kappa shape index (κ3) is 4.85. The molecule has 2 aromatic heterocycles. The molecule has 0 bridgehead atoms. The zero-order valence-electron chi connectivity index (χ0n) is 25.2. The van der Waals surface area contributed by atoms with Gasteiger partial charge in [-0.05, 0) is 79.7 Å². The Balaban J connectivity index is 0.978. The first kappa shape index (κ1) is 27.7. The highest BCUT2D eigenvalue weighted by Gasteiger charge is 2.57. The van der Waals surface area contributed by atoms with Gasteiger partial charge >= 0.3 is 6.09 Å². The molecule has 8 rings (SSSR count). The Labute approximate surface area is 256 Å². The molecule has 1 amide bonds. The summed E-state index contributed by atoms with van der Waals surface area (Å²) in [6, 6.07) is 9.03. The summed E-state index contributed by atoms with van der Waals surface area (Å²) in [5.74, 6) is 2.66. The number of halogens is 1. The van der Waals surface area contributed by atoms with Crippen molar-refractivity contribution in [1.29, 1.82) is 0 Å². The molecule has 2 spiro atoms. The van der Waals surface area contributed by atoms with Gasteiger partial charge in [-0.15, -0.1) is 10.2 Å². The number of nitrogens with one attached hydrogen (secondary N) is 1. The average Bonchev–Trinajstić information content (AvgIpc) is 3.61. The van der Waals surface area contributed by atoms with Gasteiger partial charge in [0.15, 0.2) is 5.82 Å². The monoisotopic (exact) mass is 599 g/mol. The topological polar surface area (TPSA) is 106 Å². The van der Waals surface area contributed by atoms with Crippen LogP contribution in [0, 0.1) is 23.1 Å². The van der Waals surface area contributed by atoms with Crippen molar-refractivity contribution in [3.63, 3.8) is 0 Å². The molecule has 11 heteroatoms. The highest BCUT2D eigenvalue weighted by atomic mass is 19.1. The number of rotatable bonds is 8. The van der Waals surface area contributed by atoms with Crippen LogP contribution in [0.2, 0.25) is 0 Å². The van der Waals surface area contributed by atoms with Gasteiger partial charge in [0.2, 0.25) is 0 Å². The third-order valence-corrected chi connectivity index (χ3v) is 10.4. The number of nitrogens with zero attached hydrogens (tertiary/aromatic N) is 6. The lowest BCUT2D eigenvalue weighted by Gasteiger charge is -2.58. The van der Waals surface area contributed by atoms with Gasteiger partial charge in [-0.3, -0.25) is 9.88 Å². The van der Waals surface area contributed by atoms with Gasteiger partial charge in [-0.25, -0.2) is 14.2 Å². The van der Waals surface area contributed by atoms with Gasteiger partial charge in [0.05, 0.1) is 11.2 Å². The normalized spacial score (nSPS) is 26.4. The Kier molecular flexibility index (Phi) is 6.51. The van der Waals surface area contributed by atoms with Crippen LogP contribution in [0.5, 0.6) is 11.6 Å². The van der Waals surface area contributed by atoms with Gasteiger partial charge in [0.1, 0.15) is 24.5 Å². The molecule has 0 unspecified atom stereocenters. The molecule has 3 aliphatic heterocycles. The third-order valence-electron chi connectivity index (χ3n) is 10.4. The fourth-order valence-corrected chi connectivity index (χ4v) is 8.35. The second kappa shape index (κ2) is 10.4. The second-order valence-electron chi connectivity index (χ2n) is 14.0. The maximum absolute atomic E-state index is 14.5. The number of hydrogen-bond donors (Lipinski definition) is 1. The highest BCUT2D eigenvalue weighted by Crippen LogP contribution is 2.51. The molecule has 5 aliphatic rings. The summed E-state index contributed by atoms with van der Waals surface area (Å²) < 4.78 is 26.1. The van der Waals surface area contributed by atoms with E-state index < -0.39 is 0 Å². The number of likely N-dealkylation sites (tertiary alicyclic amines) is 1. The average molecular weight is 600 g/mol. The van der Waals surface area contributed by atoms with Gasteiger partial charge < -0.3 is 19.7 Å². The number of benzene rings is 1. The predicted octanol–water partition coefficient (Wildman–Crippen LogP) is 5.17. The number of cyclic esters (lactones) is 1. The van der Waals surface area contributed by atoms with Crippen LogP contribution in [0.4, 0.5) is 15.0 Å². The zero-order valence-corrected chi connectivity index (χ0v) is 25.2. The van der Waals surface area contributed by atoms with Crippen LogP contribution in [0.3, 0.4) is 0 Å². The van der Waals surface area contributed by atoms with Crippen LogP contribution >= 0.6 is 0 Å². The van der Waals surface area contributed by atoms with E-state index in [4.69, 9.17) is 9.47 Å². The predicted molar refractivity (Wildman–Crippen MR) is 161 cm³/mol. The maximum Gasteiger partial charge on any atom is 0.407 e. The van der Waals surface area contributed by atoms with E-state index in [2.05, 4.69) is 55.2 Å². The molecular weight excluding hydrogens is 561 g/mol.